The zero-order valence-corrected chi connectivity index (χ0v) is 31.0. The average molecular weight is 743 g/mol. The number of anilines is 1. The highest BCUT2D eigenvalue weighted by Gasteiger charge is 2.37. The van der Waals surface area contributed by atoms with E-state index in [2.05, 4.69) is 25.5 Å². The molecule has 2 atom stereocenters. The minimum atomic E-state index is -0.706. The fraction of sp³-hybridized carbons (Fsp3) is 0.622. The van der Waals surface area contributed by atoms with Crippen LogP contribution in [0.4, 0.5) is 6.01 Å². The van der Waals surface area contributed by atoms with E-state index in [1.165, 1.54) is 0 Å². The summed E-state index contributed by atoms with van der Waals surface area (Å²) < 4.78 is 39.6. The molecule has 0 aliphatic carbocycles. The monoisotopic (exact) mass is 742 g/mol. The average Bonchev–Trinajstić information content (AvgIpc) is 3.79. The van der Waals surface area contributed by atoms with Crippen molar-refractivity contribution in [2.45, 2.75) is 45.9 Å². The molecule has 0 radical (unpaired) electrons. The van der Waals surface area contributed by atoms with Crippen LogP contribution in [0.1, 0.15) is 32.9 Å². The molecule has 2 aliphatic rings. The highest BCUT2D eigenvalue weighted by Crippen LogP contribution is 2.27. The van der Waals surface area contributed by atoms with Crippen molar-refractivity contribution in [1.29, 1.82) is 0 Å². The van der Waals surface area contributed by atoms with Gasteiger partial charge in [-0.3, -0.25) is 14.6 Å². The first kappa shape index (κ1) is 40.1. The number of ether oxygens (including phenoxy) is 6. The van der Waals surface area contributed by atoms with Gasteiger partial charge in [-0.25, -0.2) is 0 Å². The van der Waals surface area contributed by atoms with Crippen molar-refractivity contribution in [2.24, 2.45) is 5.41 Å². The lowest BCUT2D eigenvalue weighted by Gasteiger charge is -2.33. The topological polar surface area (TPSA) is 179 Å². The molecule has 3 N–H and O–H groups in total. The van der Waals surface area contributed by atoms with Crippen LogP contribution in [-0.4, -0.2) is 143 Å². The second-order valence-electron chi connectivity index (χ2n) is 14.0. The van der Waals surface area contributed by atoms with Gasteiger partial charge in [-0.05, 0) is 36.1 Å². The van der Waals surface area contributed by atoms with Crippen molar-refractivity contribution < 1.29 is 47.5 Å². The van der Waals surface area contributed by atoms with Crippen LogP contribution >= 0.6 is 0 Å². The number of oxazole rings is 1. The first-order valence-electron chi connectivity index (χ1n) is 18.3. The Morgan fingerprint density at radius 3 is 2.25 bits per heavy atom. The number of piperazine rings is 1. The predicted octanol–water partition coefficient (Wildman–Crippen LogP) is 1.78. The second kappa shape index (κ2) is 20.4. The number of aliphatic hydroxyl groups excluding tert-OH is 1. The molecule has 292 valence electrons. The van der Waals surface area contributed by atoms with Gasteiger partial charge in [0.2, 0.25) is 11.8 Å². The molecule has 53 heavy (non-hydrogen) atoms. The summed E-state index contributed by atoms with van der Waals surface area (Å²) in [7, 11) is 0. The van der Waals surface area contributed by atoms with Crippen molar-refractivity contribution in [2.75, 3.05) is 104 Å². The number of amides is 2. The SMILES string of the molecule is CC(C)(C)[C@H](NC(=O)COCCOCCOCCOCCOc1ccc(COc2ccc3oc(N4CCNCC4)nc3c2)nc1)C(=O)N1CC[C@@H](O)C1. The van der Waals surface area contributed by atoms with Crippen LogP contribution in [-0.2, 0) is 35.1 Å². The molecule has 2 aliphatic heterocycles. The summed E-state index contributed by atoms with van der Waals surface area (Å²) >= 11 is 0. The van der Waals surface area contributed by atoms with Crippen molar-refractivity contribution in [3.8, 4) is 11.5 Å². The Hall–Kier alpha value is -4.06. The maximum Gasteiger partial charge on any atom is 0.298 e. The van der Waals surface area contributed by atoms with E-state index in [0.29, 0.717) is 83.3 Å². The molecule has 0 saturated carbocycles. The van der Waals surface area contributed by atoms with Crippen LogP contribution in [0.2, 0.25) is 0 Å². The normalized spacial score (nSPS) is 16.9. The van der Waals surface area contributed by atoms with E-state index in [1.807, 2.05) is 51.1 Å². The van der Waals surface area contributed by atoms with Crippen molar-refractivity contribution >= 4 is 28.9 Å². The first-order chi connectivity index (χ1) is 25.7. The molecule has 16 nitrogen and oxygen atoms in total. The summed E-state index contributed by atoms with van der Waals surface area (Å²) in [5.41, 5.74) is 1.78. The summed E-state index contributed by atoms with van der Waals surface area (Å²) in [6, 6.07) is 9.27. The fourth-order valence-electron chi connectivity index (χ4n) is 5.73. The minimum absolute atomic E-state index is 0.178. The summed E-state index contributed by atoms with van der Waals surface area (Å²) in [6.07, 6.45) is 1.69. The summed E-state index contributed by atoms with van der Waals surface area (Å²) in [5.74, 6) is 0.773. The molecule has 5 rings (SSSR count). The standard InChI is InChI=1S/C37H54N6O10/c1-37(2,3)34(35(46)43-11-8-28(44)24-43)41-33(45)26-50-19-18-48-15-14-47-16-17-49-20-21-51-30-5-4-27(39-23-30)25-52-29-6-7-32-31(22-29)40-36(53-32)42-12-9-38-10-13-42/h4-7,22-23,28,34,38,44H,8-21,24-26H2,1-3H3,(H,41,45)/t28-,34-/m1/s1. The number of aromatic nitrogens is 2. The Bertz CT molecular complexity index is 1560. The van der Waals surface area contributed by atoms with E-state index in [0.717, 1.165) is 43.0 Å². The van der Waals surface area contributed by atoms with E-state index >= 15 is 0 Å². The summed E-state index contributed by atoms with van der Waals surface area (Å²) in [4.78, 5) is 38.2. The number of likely N-dealkylation sites (tertiary alicyclic amines) is 1. The van der Waals surface area contributed by atoms with Crippen molar-refractivity contribution in [3.05, 3.63) is 42.2 Å². The van der Waals surface area contributed by atoms with Crippen LogP contribution in [0, 0.1) is 5.41 Å². The van der Waals surface area contributed by atoms with E-state index in [4.69, 9.17) is 32.8 Å². The minimum Gasteiger partial charge on any atom is -0.490 e. The van der Waals surface area contributed by atoms with Gasteiger partial charge in [-0.1, -0.05) is 20.8 Å². The number of pyridine rings is 1. The quantitative estimate of drug-likeness (QED) is 0.135. The number of carbonyl (C=O) groups is 2. The summed E-state index contributed by atoms with van der Waals surface area (Å²) in [6.45, 7) is 13.1. The van der Waals surface area contributed by atoms with Crippen LogP contribution in [0.15, 0.2) is 40.9 Å². The van der Waals surface area contributed by atoms with Gasteiger partial charge in [0.05, 0.1) is 64.2 Å². The molecule has 0 unspecified atom stereocenters. The number of nitrogens with one attached hydrogen (secondary N) is 2. The van der Waals surface area contributed by atoms with Gasteiger partial charge in [0.15, 0.2) is 5.58 Å². The molecule has 2 aromatic heterocycles. The molecule has 2 amide bonds. The molecular weight excluding hydrogens is 688 g/mol. The van der Waals surface area contributed by atoms with Gasteiger partial charge < -0.3 is 58.4 Å². The predicted molar refractivity (Wildman–Crippen MR) is 195 cm³/mol. The van der Waals surface area contributed by atoms with Gasteiger partial charge in [0.25, 0.3) is 6.01 Å². The molecule has 2 fully saturated rings. The van der Waals surface area contributed by atoms with E-state index in [9.17, 15) is 14.7 Å². The number of hydrogen-bond acceptors (Lipinski definition) is 14. The Balaban J connectivity index is 0.837. The highest BCUT2D eigenvalue weighted by molar-refractivity contribution is 5.89. The Labute approximate surface area is 310 Å². The molecule has 0 bridgehead atoms. The van der Waals surface area contributed by atoms with Gasteiger partial charge in [-0.2, -0.15) is 4.98 Å². The molecular formula is C37H54N6O10. The zero-order valence-electron chi connectivity index (χ0n) is 31.0. The second-order valence-corrected chi connectivity index (χ2v) is 14.0. The lowest BCUT2D eigenvalue weighted by molar-refractivity contribution is -0.140. The third-order valence-electron chi connectivity index (χ3n) is 8.66. The molecule has 4 heterocycles. The zero-order chi connectivity index (χ0) is 37.5. The number of rotatable bonds is 21. The smallest absolute Gasteiger partial charge is 0.298 e. The summed E-state index contributed by atoms with van der Waals surface area (Å²) in [5, 5.41) is 15.9. The Morgan fingerprint density at radius 2 is 1.60 bits per heavy atom. The fourth-order valence-corrected chi connectivity index (χ4v) is 5.73. The molecule has 0 spiro atoms. The van der Waals surface area contributed by atoms with Crippen LogP contribution in [0.3, 0.4) is 0 Å². The lowest BCUT2D eigenvalue weighted by Crippen LogP contribution is -2.55. The third-order valence-corrected chi connectivity index (χ3v) is 8.66. The van der Waals surface area contributed by atoms with Gasteiger partial charge in [0.1, 0.15) is 42.9 Å². The van der Waals surface area contributed by atoms with Crippen molar-refractivity contribution in [3.63, 3.8) is 0 Å². The number of hydrogen-bond donors (Lipinski definition) is 3. The van der Waals surface area contributed by atoms with Gasteiger partial charge >= 0.3 is 0 Å². The molecule has 16 heteroatoms. The molecule has 3 aromatic rings. The third kappa shape index (κ3) is 13.1. The number of carbonyl (C=O) groups excluding carboxylic acids is 2. The highest BCUT2D eigenvalue weighted by atomic mass is 16.6. The van der Waals surface area contributed by atoms with E-state index in [1.54, 1.807) is 11.1 Å². The van der Waals surface area contributed by atoms with E-state index < -0.39 is 17.6 Å². The maximum absolute atomic E-state index is 12.9. The number of fused-ring (bicyclic) bond motifs is 1. The van der Waals surface area contributed by atoms with E-state index in [-0.39, 0.29) is 31.6 Å². The van der Waals surface area contributed by atoms with Gasteiger partial charge in [-0.15, -0.1) is 0 Å². The van der Waals surface area contributed by atoms with Crippen LogP contribution in [0.5, 0.6) is 11.5 Å². The maximum atomic E-state index is 12.9. The number of β-amino-alcohol motifs (C(OH)–C–C–N with tert-alkyl or cyclic N) is 1. The van der Waals surface area contributed by atoms with Crippen LogP contribution < -0.4 is 25.0 Å². The number of aliphatic hydroxyl groups is 1. The molecule has 2 saturated heterocycles. The van der Waals surface area contributed by atoms with Gasteiger partial charge in [0, 0.05) is 45.3 Å². The largest absolute Gasteiger partial charge is 0.490 e. The lowest BCUT2D eigenvalue weighted by atomic mass is 9.85. The Kier molecular flexibility index (Phi) is 15.5. The number of benzene rings is 1. The number of nitrogens with zero attached hydrogens (tertiary/aromatic N) is 4. The molecule has 1 aromatic carbocycles. The van der Waals surface area contributed by atoms with Crippen LogP contribution in [0.25, 0.3) is 11.1 Å². The van der Waals surface area contributed by atoms with Crippen molar-refractivity contribution in [1.82, 2.24) is 25.5 Å². The Morgan fingerprint density at radius 1 is 0.925 bits per heavy atom. The first-order valence-corrected chi connectivity index (χ1v) is 18.3.